The van der Waals surface area contributed by atoms with Crippen molar-refractivity contribution < 1.29 is 4.79 Å². The van der Waals surface area contributed by atoms with Crippen LogP contribution in [0.5, 0.6) is 0 Å². The maximum absolute atomic E-state index is 12.6. The number of nitrogens with zero attached hydrogens (tertiary/aromatic N) is 4. The molecule has 3 rings (SSSR count). The molecule has 0 spiro atoms. The molecular formula is C15H18N4OS2. The molecule has 0 aromatic carbocycles. The van der Waals surface area contributed by atoms with E-state index in [4.69, 9.17) is 0 Å². The van der Waals surface area contributed by atoms with Crippen LogP contribution in [-0.4, -0.2) is 38.1 Å². The summed E-state index contributed by atoms with van der Waals surface area (Å²) in [5.41, 5.74) is 0.920. The van der Waals surface area contributed by atoms with E-state index < -0.39 is 0 Å². The highest BCUT2D eigenvalue weighted by Crippen LogP contribution is 2.32. The van der Waals surface area contributed by atoms with E-state index in [9.17, 15) is 4.79 Å². The van der Waals surface area contributed by atoms with Crippen LogP contribution >= 0.6 is 23.1 Å². The Balaban J connectivity index is 1.65. The summed E-state index contributed by atoms with van der Waals surface area (Å²) < 4.78 is 0. The van der Waals surface area contributed by atoms with E-state index in [2.05, 4.69) is 15.0 Å². The Kier molecular flexibility index (Phi) is 5.04. The van der Waals surface area contributed by atoms with Crippen molar-refractivity contribution >= 4 is 29.0 Å². The van der Waals surface area contributed by atoms with Crippen molar-refractivity contribution in [3.05, 3.63) is 34.5 Å². The van der Waals surface area contributed by atoms with Crippen LogP contribution in [0.25, 0.3) is 0 Å². The SMILES string of the molecule is Cc1ccnc(SCC(=O)N2CCCC[C@H]2c2nccs2)n1. The second-order valence-corrected chi connectivity index (χ2v) is 7.11. The molecule has 1 aliphatic rings. The Morgan fingerprint density at radius 2 is 2.32 bits per heavy atom. The third-order valence-electron chi connectivity index (χ3n) is 3.66. The number of aromatic nitrogens is 3. The number of rotatable bonds is 4. The molecule has 0 bridgehead atoms. The zero-order chi connectivity index (χ0) is 15.4. The third kappa shape index (κ3) is 3.64. The van der Waals surface area contributed by atoms with E-state index in [0.717, 1.165) is 36.5 Å². The molecule has 0 N–H and O–H groups in total. The van der Waals surface area contributed by atoms with E-state index in [1.807, 2.05) is 29.5 Å². The summed E-state index contributed by atoms with van der Waals surface area (Å²) in [7, 11) is 0. The van der Waals surface area contributed by atoms with Crippen LogP contribution in [0.4, 0.5) is 0 Å². The molecule has 7 heteroatoms. The van der Waals surface area contributed by atoms with Gasteiger partial charge in [0.15, 0.2) is 5.16 Å². The molecule has 1 atom stereocenters. The number of carbonyl (C=O) groups is 1. The quantitative estimate of drug-likeness (QED) is 0.635. The molecule has 0 unspecified atom stereocenters. The number of piperidine rings is 1. The van der Waals surface area contributed by atoms with Crippen molar-refractivity contribution in [2.24, 2.45) is 0 Å². The molecule has 22 heavy (non-hydrogen) atoms. The smallest absolute Gasteiger partial charge is 0.233 e. The van der Waals surface area contributed by atoms with Crippen molar-refractivity contribution in [3.8, 4) is 0 Å². The van der Waals surface area contributed by atoms with Gasteiger partial charge in [0.1, 0.15) is 5.01 Å². The van der Waals surface area contributed by atoms with Crippen molar-refractivity contribution in [2.45, 2.75) is 37.4 Å². The minimum atomic E-state index is 0.139. The molecule has 1 saturated heterocycles. The molecule has 1 fully saturated rings. The summed E-state index contributed by atoms with van der Waals surface area (Å²) in [6.45, 7) is 2.75. The van der Waals surface area contributed by atoms with Crippen molar-refractivity contribution in [1.29, 1.82) is 0 Å². The summed E-state index contributed by atoms with van der Waals surface area (Å²) >= 11 is 3.04. The zero-order valence-corrected chi connectivity index (χ0v) is 14.1. The van der Waals surface area contributed by atoms with E-state index in [-0.39, 0.29) is 11.9 Å². The van der Waals surface area contributed by atoms with Gasteiger partial charge in [-0.2, -0.15) is 0 Å². The van der Waals surface area contributed by atoms with Gasteiger partial charge < -0.3 is 4.90 Å². The van der Waals surface area contributed by atoms with E-state index >= 15 is 0 Å². The van der Waals surface area contributed by atoms with Crippen LogP contribution in [0.3, 0.4) is 0 Å². The van der Waals surface area contributed by atoms with Gasteiger partial charge in [0.2, 0.25) is 5.91 Å². The molecule has 5 nitrogen and oxygen atoms in total. The van der Waals surface area contributed by atoms with Gasteiger partial charge in [-0.1, -0.05) is 11.8 Å². The highest BCUT2D eigenvalue weighted by atomic mass is 32.2. The third-order valence-corrected chi connectivity index (χ3v) is 5.38. The highest BCUT2D eigenvalue weighted by molar-refractivity contribution is 7.99. The highest BCUT2D eigenvalue weighted by Gasteiger charge is 2.29. The number of aryl methyl sites for hydroxylation is 1. The van der Waals surface area contributed by atoms with Crippen LogP contribution in [0, 0.1) is 6.92 Å². The number of amides is 1. The Hall–Kier alpha value is -1.47. The summed E-state index contributed by atoms with van der Waals surface area (Å²) in [4.78, 5) is 27.5. The molecular weight excluding hydrogens is 316 g/mol. The summed E-state index contributed by atoms with van der Waals surface area (Å²) in [6.07, 6.45) is 6.77. The van der Waals surface area contributed by atoms with Crippen molar-refractivity contribution in [1.82, 2.24) is 19.9 Å². The van der Waals surface area contributed by atoms with Crippen LogP contribution in [0.2, 0.25) is 0 Å². The second-order valence-electron chi connectivity index (χ2n) is 5.24. The van der Waals surface area contributed by atoms with Gasteiger partial charge in [-0.3, -0.25) is 4.79 Å². The largest absolute Gasteiger partial charge is 0.332 e. The van der Waals surface area contributed by atoms with Crippen LogP contribution < -0.4 is 0 Å². The van der Waals surface area contributed by atoms with Gasteiger partial charge in [-0.25, -0.2) is 15.0 Å². The first-order valence-corrected chi connectivity index (χ1v) is 9.22. The fourth-order valence-electron chi connectivity index (χ4n) is 2.59. The number of thioether (sulfide) groups is 1. The lowest BCUT2D eigenvalue weighted by atomic mass is 10.0. The fraction of sp³-hybridized carbons (Fsp3) is 0.467. The van der Waals surface area contributed by atoms with Gasteiger partial charge in [0.25, 0.3) is 0 Å². The number of thiazole rings is 1. The van der Waals surface area contributed by atoms with Crippen molar-refractivity contribution in [2.75, 3.05) is 12.3 Å². The fourth-order valence-corrected chi connectivity index (χ4v) is 4.14. The topological polar surface area (TPSA) is 59.0 Å². The predicted octanol–water partition coefficient (Wildman–Crippen LogP) is 3.09. The number of carbonyl (C=O) groups excluding carboxylic acids is 1. The normalized spacial score (nSPS) is 18.4. The maximum Gasteiger partial charge on any atom is 0.233 e. The summed E-state index contributed by atoms with van der Waals surface area (Å²) in [6, 6.07) is 2.00. The monoisotopic (exact) mass is 334 g/mol. The number of hydrogen-bond donors (Lipinski definition) is 0. The van der Waals surface area contributed by atoms with E-state index in [1.165, 1.54) is 11.8 Å². The average Bonchev–Trinajstić information content (AvgIpc) is 3.07. The molecule has 0 aliphatic carbocycles. The van der Waals surface area contributed by atoms with Gasteiger partial charge in [-0.15, -0.1) is 11.3 Å². The molecule has 3 heterocycles. The minimum absolute atomic E-state index is 0.139. The van der Waals surface area contributed by atoms with Gasteiger partial charge >= 0.3 is 0 Å². The zero-order valence-electron chi connectivity index (χ0n) is 12.4. The molecule has 0 radical (unpaired) electrons. The average molecular weight is 334 g/mol. The lowest BCUT2D eigenvalue weighted by Gasteiger charge is -2.34. The van der Waals surface area contributed by atoms with E-state index in [1.54, 1.807) is 17.5 Å². The maximum atomic E-state index is 12.6. The van der Waals surface area contributed by atoms with Gasteiger partial charge in [-0.05, 0) is 32.3 Å². The Bertz CT molecular complexity index is 632. The first-order valence-electron chi connectivity index (χ1n) is 7.35. The number of hydrogen-bond acceptors (Lipinski definition) is 6. The molecule has 1 amide bonds. The van der Waals surface area contributed by atoms with Gasteiger partial charge in [0, 0.05) is 30.0 Å². The predicted molar refractivity (Wildman–Crippen MR) is 87.9 cm³/mol. The Morgan fingerprint density at radius 1 is 1.41 bits per heavy atom. The van der Waals surface area contributed by atoms with Crippen LogP contribution in [-0.2, 0) is 4.79 Å². The molecule has 1 aliphatic heterocycles. The first-order chi connectivity index (χ1) is 10.7. The van der Waals surface area contributed by atoms with Gasteiger partial charge in [0.05, 0.1) is 11.8 Å². The Morgan fingerprint density at radius 3 is 3.09 bits per heavy atom. The lowest BCUT2D eigenvalue weighted by molar-refractivity contribution is -0.132. The molecule has 2 aromatic heterocycles. The van der Waals surface area contributed by atoms with Crippen LogP contribution in [0.1, 0.15) is 36.0 Å². The summed E-state index contributed by atoms with van der Waals surface area (Å²) in [5, 5.41) is 3.68. The number of likely N-dealkylation sites (tertiary alicyclic amines) is 1. The summed E-state index contributed by atoms with van der Waals surface area (Å²) in [5.74, 6) is 0.528. The van der Waals surface area contributed by atoms with Crippen molar-refractivity contribution in [3.63, 3.8) is 0 Å². The standard InChI is InChI=1S/C15H18N4OS2/c1-11-5-6-17-15(18-11)22-10-13(20)19-8-3-2-4-12(19)14-16-7-9-21-14/h5-7,9,12H,2-4,8,10H2,1H3/t12-/m0/s1. The minimum Gasteiger partial charge on any atom is -0.332 e. The lowest BCUT2D eigenvalue weighted by Crippen LogP contribution is -2.39. The Labute approximate surface area is 138 Å². The molecule has 2 aromatic rings. The molecule has 116 valence electrons. The molecule has 0 saturated carbocycles. The second kappa shape index (κ2) is 7.19. The first kappa shape index (κ1) is 15.4. The van der Waals surface area contributed by atoms with Crippen LogP contribution in [0.15, 0.2) is 29.0 Å². The van der Waals surface area contributed by atoms with E-state index in [0.29, 0.717) is 10.9 Å².